The molecule has 0 saturated carbocycles. The Balaban J connectivity index is 1.69. The summed E-state index contributed by atoms with van der Waals surface area (Å²) in [6.07, 6.45) is 3.32. The molecule has 0 spiro atoms. The van der Waals surface area contributed by atoms with E-state index < -0.39 is 10.0 Å². The normalized spacial score (nSPS) is 14.2. The molecule has 1 aromatic heterocycles. The molecule has 0 fully saturated rings. The zero-order valence-electron chi connectivity index (χ0n) is 16.9. The Morgan fingerprint density at radius 2 is 1.87 bits per heavy atom. The van der Waals surface area contributed by atoms with Crippen LogP contribution >= 0.6 is 0 Å². The number of sulfonamides is 1. The fraction of sp³-hybridized carbons (Fsp3) is 0.217. The highest BCUT2D eigenvalue weighted by molar-refractivity contribution is 7.93. The van der Waals surface area contributed by atoms with Crippen molar-refractivity contribution in [1.82, 2.24) is 10.3 Å². The molecule has 0 atom stereocenters. The Labute approximate surface area is 176 Å². The van der Waals surface area contributed by atoms with Gasteiger partial charge in [-0.05, 0) is 41.3 Å². The number of hydrogen-bond donors (Lipinski definition) is 1. The number of aromatic nitrogens is 1. The molecule has 1 aliphatic heterocycles. The number of anilines is 1. The first-order valence-electron chi connectivity index (χ1n) is 9.79. The van der Waals surface area contributed by atoms with Gasteiger partial charge in [-0.25, -0.2) is 8.42 Å². The summed E-state index contributed by atoms with van der Waals surface area (Å²) in [5.74, 6) is -0.0714. The molecule has 2 aromatic carbocycles. The van der Waals surface area contributed by atoms with Gasteiger partial charge < -0.3 is 5.32 Å². The van der Waals surface area contributed by atoms with E-state index in [4.69, 9.17) is 0 Å². The van der Waals surface area contributed by atoms with Crippen molar-refractivity contribution in [3.63, 3.8) is 0 Å². The van der Waals surface area contributed by atoms with Gasteiger partial charge in [-0.3, -0.25) is 14.1 Å². The van der Waals surface area contributed by atoms with Gasteiger partial charge in [0.2, 0.25) is 5.91 Å². The summed E-state index contributed by atoms with van der Waals surface area (Å²) in [6.45, 7) is 4.19. The third-order valence-electron chi connectivity index (χ3n) is 5.20. The maximum atomic E-state index is 13.3. The number of pyridine rings is 1. The van der Waals surface area contributed by atoms with Crippen LogP contribution in [-0.2, 0) is 21.4 Å². The predicted molar refractivity (Wildman–Crippen MR) is 117 cm³/mol. The third-order valence-corrected chi connectivity index (χ3v) is 7.02. The van der Waals surface area contributed by atoms with E-state index in [-0.39, 0.29) is 23.9 Å². The molecule has 30 heavy (non-hydrogen) atoms. The van der Waals surface area contributed by atoms with Crippen LogP contribution in [0.2, 0.25) is 0 Å². The minimum absolute atomic E-state index is 0.221. The van der Waals surface area contributed by atoms with Crippen molar-refractivity contribution in [2.45, 2.75) is 31.2 Å². The van der Waals surface area contributed by atoms with Crippen molar-refractivity contribution in [1.29, 1.82) is 0 Å². The lowest BCUT2D eigenvalue weighted by Crippen LogP contribution is -2.42. The predicted octanol–water partition coefficient (Wildman–Crippen LogP) is 3.70. The van der Waals surface area contributed by atoms with E-state index in [0.29, 0.717) is 17.2 Å². The van der Waals surface area contributed by atoms with Crippen molar-refractivity contribution in [2.24, 2.45) is 0 Å². The number of carbonyl (C=O) groups excluding carboxylic acids is 1. The molecule has 1 amide bonds. The Morgan fingerprint density at radius 1 is 1.07 bits per heavy atom. The highest BCUT2D eigenvalue weighted by atomic mass is 32.2. The summed E-state index contributed by atoms with van der Waals surface area (Å²) in [6, 6.07) is 16.3. The molecule has 1 N–H and O–H groups in total. The zero-order valence-corrected chi connectivity index (χ0v) is 17.7. The second-order valence-corrected chi connectivity index (χ2v) is 9.41. The van der Waals surface area contributed by atoms with Crippen molar-refractivity contribution in [3.8, 4) is 11.1 Å². The lowest BCUT2D eigenvalue weighted by atomic mass is 9.95. The number of amides is 1. The number of fused-ring (bicyclic) bond motifs is 3. The number of nitrogens with zero attached hydrogens (tertiary/aromatic N) is 2. The van der Waals surface area contributed by atoms with Gasteiger partial charge in [0, 0.05) is 30.1 Å². The highest BCUT2D eigenvalue weighted by Crippen LogP contribution is 2.43. The van der Waals surface area contributed by atoms with Crippen molar-refractivity contribution in [3.05, 3.63) is 78.1 Å². The molecule has 0 radical (unpaired) electrons. The molecule has 6 nitrogen and oxygen atoms in total. The van der Waals surface area contributed by atoms with Gasteiger partial charge in [-0.15, -0.1) is 0 Å². The molecule has 7 heteroatoms. The molecule has 1 aliphatic rings. The number of rotatable bonds is 5. The quantitative estimate of drug-likeness (QED) is 0.681. The number of nitrogens with one attached hydrogen (secondary N) is 1. The van der Waals surface area contributed by atoms with Gasteiger partial charge in [0.15, 0.2) is 0 Å². The third kappa shape index (κ3) is 3.68. The molecule has 2 heterocycles. The molecule has 3 aromatic rings. The second kappa shape index (κ2) is 7.91. The average molecular weight is 422 g/mol. The van der Waals surface area contributed by atoms with Crippen molar-refractivity contribution < 1.29 is 13.2 Å². The van der Waals surface area contributed by atoms with Crippen molar-refractivity contribution in [2.75, 3.05) is 10.8 Å². The van der Waals surface area contributed by atoms with Crippen LogP contribution in [0, 0.1) is 0 Å². The molecule has 0 aliphatic carbocycles. The summed E-state index contributed by atoms with van der Waals surface area (Å²) in [5, 5.41) is 2.78. The number of carbonyl (C=O) groups is 1. The van der Waals surface area contributed by atoms with Crippen LogP contribution in [0.25, 0.3) is 11.1 Å². The topological polar surface area (TPSA) is 79.4 Å². The van der Waals surface area contributed by atoms with E-state index in [1.807, 2.05) is 30.3 Å². The van der Waals surface area contributed by atoms with Gasteiger partial charge in [0.05, 0.1) is 10.6 Å². The van der Waals surface area contributed by atoms with E-state index in [0.717, 1.165) is 16.7 Å². The molecule has 0 bridgehead atoms. The molecular weight excluding hydrogens is 398 g/mol. The first-order valence-corrected chi connectivity index (χ1v) is 11.2. The number of benzene rings is 2. The van der Waals surface area contributed by atoms with E-state index in [1.54, 1.807) is 36.7 Å². The standard InChI is InChI=1S/C23H23N3O3S/c1-16(2)18-9-10-21-20(12-18)19-7-3-4-8-22(19)30(28,29)26(21)15-23(27)25-14-17-6-5-11-24-13-17/h3-13,16H,14-15H2,1-2H3,(H,25,27). The Morgan fingerprint density at radius 3 is 2.60 bits per heavy atom. The van der Waals surface area contributed by atoms with Gasteiger partial charge in [-0.1, -0.05) is 44.2 Å². The van der Waals surface area contributed by atoms with E-state index in [1.165, 1.54) is 4.31 Å². The van der Waals surface area contributed by atoms with Crippen LogP contribution in [0.5, 0.6) is 0 Å². The maximum Gasteiger partial charge on any atom is 0.265 e. The maximum absolute atomic E-state index is 13.3. The summed E-state index contributed by atoms with van der Waals surface area (Å²) in [4.78, 5) is 16.9. The van der Waals surface area contributed by atoms with E-state index in [2.05, 4.69) is 24.1 Å². The summed E-state index contributed by atoms with van der Waals surface area (Å²) < 4.78 is 27.9. The van der Waals surface area contributed by atoms with Crippen LogP contribution in [0.3, 0.4) is 0 Å². The SMILES string of the molecule is CC(C)c1ccc2c(c1)-c1ccccc1S(=O)(=O)N2CC(=O)NCc1cccnc1. The molecule has 154 valence electrons. The van der Waals surface area contributed by atoms with Crippen LogP contribution in [0.15, 0.2) is 71.9 Å². The van der Waals surface area contributed by atoms with Gasteiger partial charge in [0.25, 0.3) is 10.0 Å². The largest absolute Gasteiger partial charge is 0.350 e. The fourth-order valence-corrected chi connectivity index (χ4v) is 5.22. The number of hydrogen-bond acceptors (Lipinski definition) is 4. The molecule has 0 unspecified atom stereocenters. The van der Waals surface area contributed by atoms with E-state index in [9.17, 15) is 13.2 Å². The van der Waals surface area contributed by atoms with Crippen LogP contribution in [0.1, 0.15) is 30.9 Å². The monoisotopic (exact) mass is 421 g/mol. The lowest BCUT2D eigenvalue weighted by Gasteiger charge is -2.32. The van der Waals surface area contributed by atoms with Gasteiger partial charge >= 0.3 is 0 Å². The van der Waals surface area contributed by atoms with Gasteiger partial charge in [-0.2, -0.15) is 0 Å². The smallest absolute Gasteiger partial charge is 0.265 e. The Kier molecular flexibility index (Phi) is 5.30. The molecule has 0 saturated heterocycles. The minimum Gasteiger partial charge on any atom is -0.350 e. The summed E-state index contributed by atoms with van der Waals surface area (Å²) >= 11 is 0. The Hall–Kier alpha value is -3.19. The minimum atomic E-state index is -3.85. The van der Waals surface area contributed by atoms with Crippen LogP contribution in [0.4, 0.5) is 5.69 Å². The average Bonchev–Trinajstić information content (AvgIpc) is 2.75. The van der Waals surface area contributed by atoms with Crippen LogP contribution < -0.4 is 9.62 Å². The Bertz CT molecular complexity index is 1190. The van der Waals surface area contributed by atoms with Crippen LogP contribution in [-0.4, -0.2) is 25.9 Å². The summed E-state index contributed by atoms with van der Waals surface area (Å²) in [7, 11) is -3.85. The molecule has 4 rings (SSSR count). The highest BCUT2D eigenvalue weighted by Gasteiger charge is 2.36. The molecular formula is C23H23N3O3S. The van der Waals surface area contributed by atoms with Gasteiger partial charge in [0.1, 0.15) is 6.54 Å². The summed E-state index contributed by atoms with van der Waals surface area (Å²) in [5.41, 5.74) is 3.98. The second-order valence-electron chi connectivity index (χ2n) is 7.58. The lowest BCUT2D eigenvalue weighted by molar-refractivity contribution is -0.119. The zero-order chi connectivity index (χ0) is 21.3. The fourth-order valence-electron chi connectivity index (χ4n) is 3.57. The van der Waals surface area contributed by atoms with Crippen molar-refractivity contribution >= 4 is 21.6 Å². The first-order chi connectivity index (χ1) is 14.4. The first kappa shape index (κ1) is 20.1. The van der Waals surface area contributed by atoms with E-state index >= 15 is 0 Å².